The van der Waals surface area contributed by atoms with Crippen molar-refractivity contribution >= 4 is 22.6 Å². The highest BCUT2D eigenvalue weighted by Crippen LogP contribution is 2.18. The molecule has 0 bridgehead atoms. The van der Waals surface area contributed by atoms with Crippen LogP contribution in [-0.4, -0.2) is 21.9 Å². The maximum Gasteiger partial charge on any atom is 0.241 e. The second-order valence-electron chi connectivity index (χ2n) is 5.02. The lowest BCUT2D eigenvalue weighted by Gasteiger charge is -2.09. The first-order valence-electron chi connectivity index (χ1n) is 7.19. The predicted octanol–water partition coefficient (Wildman–Crippen LogP) is 2.58. The Bertz CT molecular complexity index is 591. The first-order valence-corrected chi connectivity index (χ1v) is 7.19. The maximum atomic E-state index is 11.8. The molecule has 0 aliphatic carbocycles. The van der Waals surface area contributed by atoms with Crippen molar-refractivity contribution in [3.8, 4) is 0 Å². The van der Waals surface area contributed by atoms with Gasteiger partial charge in [0.05, 0.1) is 17.1 Å². The van der Waals surface area contributed by atoms with Crippen LogP contribution in [0.1, 0.15) is 38.9 Å². The highest BCUT2D eigenvalue weighted by molar-refractivity contribution is 5.96. The van der Waals surface area contributed by atoms with Crippen LogP contribution in [0.25, 0.3) is 11.0 Å². The lowest BCUT2D eigenvalue weighted by atomic mass is 10.2. The minimum Gasteiger partial charge on any atom is -0.342 e. The van der Waals surface area contributed by atoms with Gasteiger partial charge in [0.2, 0.25) is 5.91 Å². The van der Waals surface area contributed by atoms with Crippen molar-refractivity contribution in [3.05, 3.63) is 24.0 Å². The molecule has 1 aromatic carbocycles. The molecule has 4 N–H and O–H groups in total. The fourth-order valence-electron chi connectivity index (χ4n) is 2.02. The number of carbonyl (C=O) groups is 1. The summed E-state index contributed by atoms with van der Waals surface area (Å²) in [6, 6.07) is 5.20. The van der Waals surface area contributed by atoms with Gasteiger partial charge in [-0.1, -0.05) is 20.3 Å². The zero-order valence-corrected chi connectivity index (χ0v) is 12.1. The minimum absolute atomic E-state index is 0.155. The summed E-state index contributed by atoms with van der Waals surface area (Å²) in [4.78, 5) is 19.6. The molecular weight excluding hydrogens is 252 g/mol. The molecule has 108 valence electrons. The van der Waals surface area contributed by atoms with Crippen molar-refractivity contribution in [1.29, 1.82) is 0 Å². The average molecular weight is 274 g/mol. The zero-order chi connectivity index (χ0) is 14.5. The summed E-state index contributed by atoms with van der Waals surface area (Å²) < 4.78 is 0. The molecule has 0 spiro atoms. The largest absolute Gasteiger partial charge is 0.342 e. The Morgan fingerprint density at radius 3 is 2.95 bits per heavy atom. The molecule has 0 aliphatic heterocycles. The van der Waals surface area contributed by atoms with Crippen LogP contribution in [0.15, 0.2) is 18.2 Å². The summed E-state index contributed by atoms with van der Waals surface area (Å²) in [6.45, 7) is 4.05. The van der Waals surface area contributed by atoms with E-state index in [1.54, 1.807) is 0 Å². The van der Waals surface area contributed by atoms with Gasteiger partial charge in [-0.3, -0.25) is 4.79 Å². The van der Waals surface area contributed by atoms with E-state index in [-0.39, 0.29) is 5.91 Å². The van der Waals surface area contributed by atoms with Crippen molar-refractivity contribution in [2.45, 2.75) is 45.6 Å². The minimum atomic E-state index is -0.465. The van der Waals surface area contributed by atoms with E-state index in [0.29, 0.717) is 6.42 Å². The Balaban J connectivity index is 2.14. The Kier molecular flexibility index (Phi) is 4.74. The summed E-state index contributed by atoms with van der Waals surface area (Å²) >= 11 is 0. The van der Waals surface area contributed by atoms with Gasteiger partial charge in [-0.25, -0.2) is 4.98 Å². The number of anilines is 1. The molecule has 1 amide bonds. The van der Waals surface area contributed by atoms with E-state index in [9.17, 15) is 4.79 Å². The Labute approximate surface area is 119 Å². The van der Waals surface area contributed by atoms with Gasteiger partial charge in [-0.15, -0.1) is 0 Å². The number of aromatic nitrogens is 2. The third kappa shape index (κ3) is 3.36. The highest BCUT2D eigenvalue weighted by Gasteiger charge is 2.11. The van der Waals surface area contributed by atoms with E-state index in [4.69, 9.17) is 5.73 Å². The molecule has 5 nitrogen and oxygen atoms in total. The van der Waals surface area contributed by atoms with E-state index in [1.165, 1.54) is 0 Å². The van der Waals surface area contributed by atoms with Crippen molar-refractivity contribution in [3.63, 3.8) is 0 Å². The standard InChI is InChI=1S/C15H22N4O/c1-3-5-6-14-18-12-8-7-10(9-13(12)19-14)17-15(20)11(16)4-2/h7-9,11H,3-6,16H2,1-2H3,(H,17,20)(H,18,19)/t11-/m0/s1. The van der Waals surface area contributed by atoms with E-state index in [0.717, 1.165) is 41.8 Å². The zero-order valence-electron chi connectivity index (χ0n) is 12.1. The van der Waals surface area contributed by atoms with E-state index in [1.807, 2.05) is 25.1 Å². The van der Waals surface area contributed by atoms with Crippen LogP contribution in [-0.2, 0) is 11.2 Å². The van der Waals surface area contributed by atoms with E-state index in [2.05, 4.69) is 22.2 Å². The molecule has 5 heteroatoms. The molecule has 2 aromatic rings. The predicted molar refractivity (Wildman–Crippen MR) is 81.6 cm³/mol. The van der Waals surface area contributed by atoms with Crippen LogP contribution in [0.5, 0.6) is 0 Å². The summed E-state index contributed by atoms with van der Waals surface area (Å²) in [5.41, 5.74) is 8.32. The number of imidazole rings is 1. The van der Waals surface area contributed by atoms with Crippen LogP contribution in [0.2, 0.25) is 0 Å². The number of fused-ring (bicyclic) bond motifs is 1. The number of aryl methyl sites for hydroxylation is 1. The monoisotopic (exact) mass is 274 g/mol. The number of nitrogens with zero attached hydrogens (tertiary/aromatic N) is 1. The third-order valence-corrected chi connectivity index (χ3v) is 3.34. The number of rotatable bonds is 6. The quantitative estimate of drug-likeness (QED) is 0.757. The molecule has 1 aromatic heterocycles. The number of benzene rings is 1. The molecular formula is C15H22N4O. The van der Waals surface area contributed by atoms with Crippen molar-refractivity contribution in [1.82, 2.24) is 9.97 Å². The van der Waals surface area contributed by atoms with Crippen molar-refractivity contribution in [2.24, 2.45) is 5.73 Å². The molecule has 0 aliphatic rings. The Morgan fingerprint density at radius 1 is 1.45 bits per heavy atom. The summed E-state index contributed by atoms with van der Waals surface area (Å²) in [5, 5.41) is 2.83. The first kappa shape index (κ1) is 14.5. The average Bonchev–Trinajstić information content (AvgIpc) is 2.86. The maximum absolute atomic E-state index is 11.8. The number of nitrogens with two attached hydrogens (primary N) is 1. The van der Waals surface area contributed by atoms with Gasteiger partial charge in [0.15, 0.2) is 0 Å². The van der Waals surface area contributed by atoms with Crippen LogP contribution in [0.3, 0.4) is 0 Å². The Morgan fingerprint density at radius 2 is 2.25 bits per heavy atom. The topological polar surface area (TPSA) is 83.8 Å². The first-order chi connectivity index (χ1) is 9.63. The second-order valence-corrected chi connectivity index (χ2v) is 5.02. The Hall–Kier alpha value is -1.88. The summed E-state index contributed by atoms with van der Waals surface area (Å²) in [7, 11) is 0. The SMILES string of the molecule is CCCCc1nc2ccc(NC(=O)[C@@H](N)CC)cc2[nH]1. The lowest BCUT2D eigenvalue weighted by molar-refractivity contribution is -0.117. The van der Waals surface area contributed by atoms with Crippen LogP contribution in [0.4, 0.5) is 5.69 Å². The fraction of sp³-hybridized carbons (Fsp3) is 0.467. The molecule has 0 saturated heterocycles. The number of unbranched alkanes of at least 4 members (excludes halogenated alkanes) is 1. The summed E-state index contributed by atoms with van der Waals surface area (Å²) in [6.07, 6.45) is 3.84. The van der Waals surface area contributed by atoms with E-state index < -0.39 is 6.04 Å². The van der Waals surface area contributed by atoms with Crippen LogP contribution in [0, 0.1) is 0 Å². The molecule has 0 unspecified atom stereocenters. The van der Waals surface area contributed by atoms with Crippen LogP contribution >= 0.6 is 0 Å². The summed E-state index contributed by atoms with van der Waals surface area (Å²) in [5.74, 6) is 0.841. The smallest absolute Gasteiger partial charge is 0.241 e. The molecule has 20 heavy (non-hydrogen) atoms. The number of amides is 1. The number of H-pyrrole nitrogens is 1. The number of nitrogens with one attached hydrogen (secondary N) is 2. The highest BCUT2D eigenvalue weighted by atomic mass is 16.2. The number of hydrogen-bond donors (Lipinski definition) is 3. The van der Waals surface area contributed by atoms with Crippen molar-refractivity contribution in [2.75, 3.05) is 5.32 Å². The fourth-order valence-corrected chi connectivity index (χ4v) is 2.02. The second kappa shape index (κ2) is 6.52. The van der Waals surface area contributed by atoms with Gasteiger partial charge in [0.1, 0.15) is 5.82 Å². The number of carbonyl (C=O) groups excluding carboxylic acids is 1. The molecule has 0 radical (unpaired) electrons. The van der Waals surface area contributed by atoms with Gasteiger partial charge in [-0.2, -0.15) is 0 Å². The molecule has 1 heterocycles. The van der Waals surface area contributed by atoms with Gasteiger partial charge in [-0.05, 0) is 31.0 Å². The van der Waals surface area contributed by atoms with Gasteiger partial charge >= 0.3 is 0 Å². The van der Waals surface area contributed by atoms with Crippen LogP contribution < -0.4 is 11.1 Å². The molecule has 1 atom stereocenters. The van der Waals surface area contributed by atoms with E-state index >= 15 is 0 Å². The van der Waals surface area contributed by atoms with Gasteiger partial charge < -0.3 is 16.0 Å². The molecule has 0 fully saturated rings. The number of aromatic amines is 1. The molecule has 0 saturated carbocycles. The van der Waals surface area contributed by atoms with Gasteiger partial charge in [0, 0.05) is 12.1 Å². The third-order valence-electron chi connectivity index (χ3n) is 3.34. The number of hydrogen-bond acceptors (Lipinski definition) is 3. The van der Waals surface area contributed by atoms with Crippen molar-refractivity contribution < 1.29 is 4.79 Å². The lowest BCUT2D eigenvalue weighted by Crippen LogP contribution is -2.34. The molecule has 2 rings (SSSR count). The van der Waals surface area contributed by atoms with Gasteiger partial charge in [0.25, 0.3) is 0 Å². The normalized spacial score (nSPS) is 12.6.